The van der Waals surface area contributed by atoms with E-state index in [1.807, 2.05) is 11.3 Å². The molecule has 4 nitrogen and oxygen atoms in total. The molecule has 1 atom stereocenters. The standard InChI is InChI=1S/C28H33N3OS/c1-18(2)26-24-14-8-16-30(24)27-22(21-12-5-6-15-25(21)33-27)17-31(26)28(32)29-23-13-7-10-19-9-3-4-11-20(19)23/h7-8,10,13-14,16,18,26H,3-6,9,11-12,15,17H2,1-2H3,(H,29,32). The summed E-state index contributed by atoms with van der Waals surface area (Å²) in [6.45, 7) is 5.16. The van der Waals surface area contributed by atoms with E-state index in [4.69, 9.17) is 0 Å². The Morgan fingerprint density at radius 1 is 0.970 bits per heavy atom. The molecule has 6 rings (SSSR count). The zero-order chi connectivity index (χ0) is 22.5. The van der Waals surface area contributed by atoms with Crippen LogP contribution in [0.3, 0.4) is 0 Å². The maximum absolute atomic E-state index is 14.0. The first kappa shape index (κ1) is 21.0. The fourth-order valence-corrected chi connectivity index (χ4v) is 7.61. The van der Waals surface area contributed by atoms with Crippen LogP contribution in [0.2, 0.25) is 0 Å². The van der Waals surface area contributed by atoms with Crippen LogP contribution in [0, 0.1) is 5.92 Å². The molecular weight excluding hydrogens is 426 g/mol. The van der Waals surface area contributed by atoms with Gasteiger partial charge in [0, 0.05) is 28.0 Å². The molecule has 0 radical (unpaired) electrons. The predicted octanol–water partition coefficient (Wildman–Crippen LogP) is 7.04. The molecule has 2 aromatic heterocycles. The van der Waals surface area contributed by atoms with E-state index in [1.165, 1.54) is 69.9 Å². The number of hydrogen-bond acceptors (Lipinski definition) is 2. The van der Waals surface area contributed by atoms with Gasteiger partial charge < -0.3 is 14.8 Å². The van der Waals surface area contributed by atoms with Crippen molar-refractivity contribution < 1.29 is 4.79 Å². The lowest BCUT2D eigenvalue weighted by Crippen LogP contribution is -2.40. The smallest absolute Gasteiger partial charge is 0.311 e. The van der Waals surface area contributed by atoms with Crippen molar-refractivity contribution in [3.63, 3.8) is 0 Å². The summed E-state index contributed by atoms with van der Waals surface area (Å²) in [6, 6.07) is 10.8. The molecule has 172 valence electrons. The van der Waals surface area contributed by atoms with Crippen molar-refractivity contribution in [2.24, 2.45) is 5.92 Å². The molecule has 33 heavy (non-hydrogen) atoms. The number of amides is 2. The number of carbonyl (C=O) groups is 1. The highest BCUT2D eigenvalue weighted by Crippen LogP contribution is 2.44. The number of urea groups is 1. The van der Waals surface area contributed by atoms with E-state index in [0.717, 1.165) is 24.9 Å². The third kappa shape index (κ3) is 3.52. The van der Waals surface area contributed by atoms with Crippen molar-refractivity contribution in [3.8, 4) is 5.00 Å². The van der Waals surface area contributed by atoms with Crippen molar-refractivity contribution in [2.75, 3.05) is 5.32 Å². The number of benzene rings is 1. The highest BCUT2D eigenvalue weighted by molar-refractivity contribution is 7.15. The maximum Gasteiger partial charge on any atom is 0.322 e. The van der Waals surface area contributed by atoms with Crippen LogP contribution in [-0.2, 0) is 32.2 Å². The van der Waals surface area contributed by atoms with Gasteiger partial charge in [-0.1, -0.05) is 26.0 Å². The van der Waals surface area contributed by atoms with Gasteiger partial charge in [0.15, 0.2) is 0 Å². The average Bonchev–Trinajstić information content (AvgIpc) is 3.40. The summed E-state index contributed by atoms with van der Waals surface area (Å²) in [7, 11) is 0. The number of rotatable bonds is 2. The molecule has 1 aromatic carbocycles. The minimum absolute atomic E-state index is 0.0315. The van der Waals surface area contributed by atoms with E-state index in [0.29, 0.717) is 12.5 Å². The molecular formula is C28H33N3OS. The van der Waals surface area contributed by atoms with E-state index < -0.39 is 0 Å². The molecule has 2 aliphatic carbocycles. The number of aromatic nitrogens is 1. The predicted molar refractivity (Wildman–Crippen MR) is 136 cm³/mol. The van der Waals surface area contributed by atoms with Crippen LogP contribution in [0.5, 0.6) is 0 Å². The molecule has 0 spiro atoms. The van der Waals surface area contributed by atoms with Crippen molar-refractivity contribution in [1.82, 2.24) is 9.47 Å². The van der Waals surface area contributed by atoms with Crippen molar-refractivity contribution in [2.45, 2.75) is 77.8 Å². The van der Waals surface area contributed by atoms with Gasteiger partial charge in [0.2, 0.25) is 0 Å². The molecule has 0 bridgehead atoms. The number of aryl methyl sites for hydroxylation is 2. The second-order valence-electron chi connectivity index (χ2n) is 10.2. The number of nitrogens with zero attached hydrogens (tertiary/aromatic N) is 2. The van der Waals surface area contributed by atoms with Crippen molar-refractivity contribution in [3.05, 3.63) is 69.4 Å². The fraction of sp³-hybridized carbons (Fsp3) is 0.464. The average molecular weight is 460 g/mol. The topological polar surface area (TPSA) is 37.3 Å². The van der Waals surface area contributed by atoms with E-state index in [1.54, 1.807) is 0 Å². The van der Waals surface area contributed by atoms with Gasteiger partial charge in [-0.2, -0.15) is 0 Å². The zero-order valence-corrected chi connectivity index (χ0v) is 20.5. The van der Waals surface area contributed by atoms with Gasteiger partial charge in [-0.05, 0) is 92.2 Å². The highest BCUT2D eigenvalue weighted by atomic mass is 32.1. The first-order valence-corrected chi connectivity index (χ1v) is 13.4. The van der Waals surface area contributed by atoms with Crippen LogP contribution >= 0.6 is 11.3 Å². The Kier molecular flexibility index (Phi) is 5.33. The molecule has 2 amide bonds. The van der Waals surface area contributed by atoms with Gasteiger partial charge in [-0.25, -0.2) is 4.79 Å². The Morgan fingerprint density at radius 3 is 2.61 bits per heavy atom. The van der Waals surface area contributed by atoms with Crippen LogP contribution in [0.4, 0.5) is 10.5 Å². The lowest BCUT2D eigenvalue weighted by molar-refractivity contribution is 0.161. The summed E-state index contributed by atoms with van der Waals surface area (Å²) >= 11 is 1.95. The Bertz CT molecular complexity index is 1200. The molecule has 3 aliphatic rings. The molecule has 3 aromatic rings. The number of fused-ring (bicyclic) bond motifs is 6. The van der Waals surface area contributed by atoms with E-state index in [9.17, 15) is 4.79 Å². The second kappa shape index (κ2) is 8.35. The zero-order valence-electron chi connectivity index (χ0n) is 19.7. The van der Waals surface area contributed by atoms with Crippen LogP contribution in [-0.4, -0.2) is 15.5 Å². The van der Waals surface area contributed by atoms with E-state index in [-0.39, 0.29) is 12.1 Å². The molecule has 5 heteroatoms. The van der Waals surface area contributed by atoms with Crippen molar-refractivity contribution in [1.29, 1.82) is 0 Å². The maximum atomic E-state index is 14.0. The fourth-order valence-electron chi connectivity index (χ4n) is 6.21. The summed E-state index contributed by atoms with van der Waals surface area (Å²) in [5.74, 6) is 0.318. The highest BCUT2D eigenvalue weighted by Gasteiger charge is 2.36. The quantitative estimate of drug-likeness (QED) is 0.438. The largest absolute Gasteiger partial charge is 0.322 e. The number of carbonyl (C=O) groups excluding carboxylic acids is 1. The van der Waals surface area contributed by atoms with Crippen LogP contribution < -0.4 is 5.32 Å². The minimum atomic E-state index is 0.0315. The van der Waals surface area contributed by atoms with Gasteiger partial charge in [0.25, 0.3) is 0 Å². The summed E-state index contributed by atoms with van der Waals surface area (Å²) in [5, 5.41) is 4.69. The van der Waals surface area contributed by atoms with Gasteiger partial charge >= 0.3 is 6.03 Å². The molecule has 0 fully saturated rings. The van der Waals surface area contributed by atoms with Gasteiger partial charge in [-0.15, -0.1) is 11.3 Å². The molecule has 1 N–H and O–H groups in total. The normalized spacial score (nSPS) is 19.4. The Labute approximate surface area is 200 Å². The number of anilines is 1. The SMILES string of the molecule is CC(C)C1c2cccn2-c2sc3c(c2CN1C(=O)Nc1cccc2c1CCCC2)CCCC3. The van der Waals surface area contributed by atoms with Crippen molar-refractivity contribution >= 4 is 23.1 Å². The van der Waals surface area contributed by atoms with Crippen LogP contribution in [0.25, 0.3) is 5.00 Å². The van der Waals surface area contributed by atoms with E-state index >= 15 is 0 Å². The lowest BCUT2D eigenvalue weighted by atomic mass is 9.90. The second-order valence-corrected chi connectivity index (χ2v) is 11.3. The summed E-state index contributed by atoms with van der Waals surface area (Å²) < 4.78 is 2.38. The number of hydrogen-bond donors (Lipinski definition) is 1. The summed E-state index contributed by atoms with van der Waals surface area (Å²) in [4.78, 5) is 17.6. The minimum Gasteiger partial charge on any atom is -0.311 e. The third-order valence-electron chi connectivity index (χ3n) is 7.76. The first-order valence-electron chi connectivity index (χ1n) is 12.6. The van der Waals surface area contributed by atoms with Gasteiger partial charge in [0.05, 0.1) is 12.6 Å². The number of thiophene rings is 1. The molecule has 1 unspecified atom stereocenters. The third-order valence-corrected chi connectivity index (χ3v) is 9.09. The van der Waals surface area contributed by atoms with E-state index in [2.05, 4.69) is 65.2 Å². The Hall–Kier alpha value is -2.53. The number of nitrogens with one attached hydrogen (secondary N) is 1. The lowest BCUT2D eigenvalue weighted by Gasteiger charge is -2.34. The molecule has 0 saturated carbocycles. The summed E-state index contributed by atoms with van der Waals surface area (Å²) in [6.07, 6.45) is 11.7. The van der Waals surface area contributed by atoms with Crippen LogP contribution in [0.15, 0.2) is 36.5 Å². The Balaban J connectivity index is 1.42. The van der Waals surface area contributed by atoms with Crippen LogP contribution in [0.1, 0.15) is 78.4 Å². The first-order chi connectivity index (χ1) is 16.1. The van der Waals surface area contributed by atoms with Gasteiger partial charge in [-0.3, -0.25) is 0 Å². The molecule has 3 heterocycles. The summed E-state index contributed by atoms with van der Waals surface area (Å²) in [5.41, 5.74) is 7.86. The van der Waals surface area contributed by atoms with Gasteiger partial charge in [0.1, 0.15) is 5.00 Å². The Morgan fingerprint density at radius 2 is 1.76 bits per heavy atom. The monoisotopic (exact) mass is 459 g/mol. The molecule has 1 aliphatic heterocycles. The molecule has 0 saturated heterocycles.